The third kappa shape index (κ3) is 8.91. The normalized spacial score (nSPS) is 11.1. The molecule has 0 saturated heterocycles. The molecular weight excluding hydrogens is 448 g/mol. The number of benzene rings is 2. The molecule has 9 nitrogen and oxygen atoms in total. The Bertz CT molecular complexity index is 979. The summed E-state index contributed by atoms with van der Waals surface area (Å²) in [5, 5.41) is 2.73. The van der Waals surface area contributed by atoms with Crippen molar-refractivity contribution in [1.29, 1.82) is 0 Å². The van der Waals surface area contributed by atoms with Gasteiger partial charge in [0.2, 0.25) is 10.0 Å². The molecule has 0 fully saturated rings. The first-order valence-electron chi connectivity index (χ1n) is 10.7. The molecule has 0 aliphatic heterocycles. The fourth-order valence-electron chi connectivity index (χ4n) is 2.91. The minimum Gasteiger partial charge on any atom is -0.493 e. The van der Waals surface area contributed by atoms with Gasteiger partial charge in [0, 0.05) is 26.3 Å². The van der Waals surface area contributed by atoms with Gasteiger partial charge in [-0.1, -0.05) is 6.07 Å². The van der Waals surface area contributed by atoms with Crippen LogP contribution in [-0.2, 0) is 26.0 Å². The summed E-state index contributed by atoms with van der Waals surface area (Å²) in [4.78, 5) is 11.9. The SMILES string of the molecule is CCOCCCNC(=O)COc1ccc(S(=O)(=O)NCCc2ccc(OC)c(OC)c2)cc1. The molecule has 0 heterocycles. The molecule has 182 valence electrons. The number of sulfonamides is 1. The van der Waals surface area contributed by atoms with Crippen molar-refractivity contribution >= 4 is 15.9 Å². The van der Waals surface area contributed by atoms with E-state index in [1.807, 2.05) is 19.1 Å². The van der Waals surface area contributed by atoms with Gasteiger partial charge in [0.1, 0.15) is 5.75 Å². The summed E-state index contributed by atoms with van der Waals surface area (Å²) in [6.45, 7) is 3.74. The van der Waals surface area contributed by atoms with Crippen molar-refractivity contribution in [2.24, 2.45) is 0 Å². The zero-order valence-corrected chi connectivity index (χ0v) is 20.1. The Hall–Kier alpha value is -2.82. The fourth-order valence-corrected chi connectivity index (χ4v) is 3.94. The molecule has 1 amide bonds. The van der Waals surface area contributed by atoms with Gasteiger partial charge < -0.3 is 24.3 Å². The molecule has 0 unspecified atom stereocenters. The van der Waals surface area contributed by atoms with Crippen molar-refractivity contribution in [3.05, 3.63) is 48.0 Å². The van der Waals surface area contributed by atoms with E-state index in [2.05, 4.69) is 10.0 Å². The highest BCUT2D eigenvalue weighted by Gasteiger charge is 2.14. The molecule has 2 aromatic rings. The average molecular weight is 481 g/mol. The van der Waals surface area contributed by atoms with Gasteiger partial charge in [-0.05, 0) is 61.7 Å². The van der Waals surface area contributed by atoms with Crippen LogP contribution in [0.15, 0.2) is 47.4 Å². The molecule has 0 aliphatic carbocycles. The first kappa shape index (κ1) is 26.4. The van der Waals surface area contributed by atoms with Crippen molar-refractivity contribution in [2.75, 3.05) is 47.1 Å². The predicted molar refractivity (Wildman–Crippen MR) is 124 cm³/mol. The Morgan fingerprint density at radius 3 is 2.36 bits per heavy atom. The van der Waals surface area contributed by atoms with Gasteiger partial charge in [0.05, 0.1) is 19.1 Å². The minimum absolute atomic E-state index is 0.113. The molecule has 2 rings (SSSR count). The number of rotatable bonds is 15. The highest BCUT2D eigenvalue weighted by Crippen LogP contribution is 2.27. The lowest BCUT2D eigenvalue weighted by Crippen LogP contribution is -2.30. The maximum atomic E-state index is 12.5. The summed E-state index contributed by atoms with van der Waals surface area (Å²) in [6.07, 6.45) is 1.21. The van der Waals surface area contributed by atoms with Crippen LogP contribution in [0.1, 0.15) is 18.9 Å². The standard InChI is InChI=1S/C23H32N2O7S/c1-4-31-15-5-13-24-23(26)17-32-19-7-9-20(10-8-19)33(27,28)25-14-12-18-6-11-21(29-2)22(16-18)30-3/h6-11,16,25H,4-5,12-15,17H2,1-3H3,(H,24,26). The van der Waals surface area contributed by atoms with E-state index in [4.69, 9.17) is 18.9 Å². The van der Waals surface area contributed by atoms with E-state index in [-0.39, 0.29) is 24.0 Å². The second-order valence-corrected chi connectivity index (χ2v) is 8.76. The molecular formula is C23H32N2O7S. The van der Waals surface area contributed by atoms with E-state index in [1.54, 1.807) is 20.3 Å². The maximum Gasteiger partial charge on any atom is 0.257 e. The van der Waals surface area contributed by atoms with Crippen molar-refractivity contribution in [3.8, 4) is 17.2 Å². The summed E-state index contributed by atoms with van der Waals surface area (Å²) in [5.74, 6) is 1.36. The van der Waals surface area contributed by atoms with Crippen LogP contribution < -0.4 is 24.2 Å². The molecule has 0 saturated carbocycles. The number of carbonyl (C=O) groups excluding carboxylic acids is 1. The number of amides is 1. The lowest BCUT2D eigenvalue weighted by molar-refractivity contribution is -0.123. The van der Waals surface area contributed by atoms with Crippen LogP contribution in [0.4, 0.5) is 0 Å². The Morgan fingerprint density at radius 1 is 0.970 bits per heavy atom. The molecule has 33 heavy (non-hydrogen) atoms. The average Bonchev–Trinajstić information content (AvgIpc) is 2.82. The number of ether oxygens (including phenoxy) is 4. The second-order valence-electron chi connectivity index (χ2n) is 7.00. The fraction of sp³-hybridized carbons (Fsp3) is 0.435. The molecule has 0 aromatic heterocycles. The molecule has 0 atom stereocenters. The van der Waals surface area contributed by atoms with Crippen LogP contribution in [0.5, 0.6) is 17.2 Å². The molecule has 0 bridgehead atoms. The minimum atomic E-state index is -3.68. The van der Waals surface area contributed by atoms with Gasteiger partial charge in [-0.25, -0.2) is 13.1 Å². The lowest BCUT2D eigenvalue weighted by atomic mass is 10.1. The van der Waals surface area contributed by atoms with Crippen LogP contribution in [-0.4, -0.2) is 61.5 Å². The van der Waals surface area contributed by atoms with E-state index in [9.17, 15) is 13.2 Å². The number of hydrogen-bond acceptors (Lipinski definition) is 7. The van der Waals surface area contributed by atoms with Gasteiger partial charge in [0.25, 0.3) is 5.91 Å². The Kier molecular flexibility index (Phi) is 10.9. The molecule has 0 spiro atoms. The van der Waals surface area contributed by atoms with E-state index in [0.29, 0.717) is 43.4 Å². The summed E-state index contributed by atoms with van der Waals surface area (Å²) < 4.78 is 48.8. The number of methoxy groups -OCH3 is 2. The van der Waals surface area contributed by atoms with Crippen LogP contribution in [0.3, 0.4) is 0 Å². The topological polar surface area (TPSA) is 112 Å². The lowest BCUT2D eigenvalue weighted by Gasteiger charge is -2.11. The summed E-state index contributed by atoms with van der Waals surface area (Å²) in [6, 6.07) is 11.4. The Balaban J connectivity index is 1.80. The smallest absolute Gasteiger partial charge is 0.257 e. The largest absolute Gasteiger partial charge is 0.493 e. The van der Waals surface area contributed by atoms with Crippen molar-refractivity contribution in [1.82, 2.24) is 10.0 Å². The first-order chi connectivity index (χ1) is 15.9. The molecule has 0 aliphatic rings. The third-order valence-electron chi connectivity index (χ3n) is 4.65. The number of carbonyl (C=O) groups is 1. The monoisotopic (exact) mass is 480 g/mol. The quantitative estimate of drug-likeness (QED) is 0.376. The van der Waals surface area contributed by atoms with Crippen LogP contribution >= 0.6 is 0 Å². The van der Waals surface area contributed by atoms with Gasteiger partial charge in [-0.15, -0.1) is 0 Å². The van der Waals surface area contributed by atoms with Crippen molar-refractivity contribution in [2.45, 2.75) is 24.7 Å². The van der Waals surface area contributed by atoms with Gasteiger partial charge in [0.15, 0.2) is 18.1 Å². The summed E-state index contributed by atoms with van der Waals surface area (Å²) >= 11 is 0. The van der Waals surface area contributed by atoms with E-state index >= 15 is 0 Å². The van der Waals surface area contributed by atoms with E-state index in [0.717, 1.165) is 12.0 Å². The zero-order chi connectivity index (χ0) is 24.1. The van der Waals surface area contributed by atoms with E-state index < -0.39 is 10.0 Å². The maximum absolute atomic E-state index is 12.5. The Morgan fingerprint density at radius 2 is 1.70 bits per heavy atom. The van der Waals surface area contributed by atoms with Crippen molar-refractivity contribution < 1.29 is 32.2 Å². The van der Waals surface area contributed by atoms with Gasteiger partial charge in [-0.3, -0.25) is 4.79 Å². The number of nitrogens with one attached hydrogen (secondary N) is 2. The first-order valence-corrected chi connectivity index (χ1v) is 12.2. The zero-order valence-electron chi connectivity index (χ0n) is 19.3. The summed E-state index contributed by atoms with van der Waals surface area (Å²) in [5.41, 5.74) is 0.912. The molecule has 0 radical (unpaired) electrons. The van der Waals surface area contributed by atoms with Gasteiger partial charge in [-0.2, -0.15) is 0 Å². The van der Waals surface area contributed by atoms with Gasteiger partial charge >= 0.3 is 0 Å². The Labute approximate surface area is 195 Å². The molecule has 10 heteroatoms. The highest BCUT2D eigenvalue weighted by atomic mass is 32.2. The van der Waals surface area contributed by atoms with E-state index in [1.165, 1.54) is 24.3 Å². The third-order valence-corrected chi connectivity index (χ3v) is 6.13. The second kappa shape index (κ2) is 13.7. The van der Waals surface area contributed by atoms with Crippen molar-refractivity contribution in [3.63, 3.8) is 0 Å². The van der Waals surface area contributed by atoms with Crippen LogP contribution in [0.2, 0.25) is 0 Å². The molecule has 2 N–H and O–H groups in total. The molecule has 2 aromatic carbocycles. The predicted octanol–water partition coefficient (Wildman–Crippen LogP) is 2.15. The van der Waals surface area contributed by atoms with Crippen LogP contribution in [0.25, 0.3) is 0 Å². The summed E-state index contributed by atoms with van der Waals surface area (Å²) in [7, 11) is -0.572. The highest BCUT2D eigenvalue weighted by molar-refractivity contribution is 7.89. The van der Waals surface area contributed by atoms with Crippen LogP contribution in [0, 0.1) is 0 Å². The number of hydrogen-bond donors (Lipinski definition) is 2.